The molecule has 1 aromatic carbocycles. The van der Waals surface area contributed by atoms with Crippen molar-refractivity contribution in [3.05, 3.63) is 29.8 Å². The van der Waals surface area contributed by atoms with Crippen LogP contribution in [0.5, 0.6) is 0 Å². The highest BCUT2D eigenvalue weighted by Gasteiger charge is 2.13. The van der Waals surface area contributed by atoms with Crippen molar-refractivity contribution < 1.29 is 17.8 Å². The van der Waals surface area contributed by atoms with Gasteiger partial charge in [0.1, 0.15) is 16.0 Å². The quantitative estimate of drug-likeness (QED) is 0.300. The van der Waals surface area contributed by atoms with E-state index < -0.39 is 10.1 Å². The van der Waals surface area contributed by atoms with Gasteiger partial charge in [0, 0.05) is 5.56 Å². The molecule has 80 valence electrons. The number of aldehydes is 1. The Kier molecular flexibility index (Phi) is 5.03. The van der Waals surface area contributed by atoms with Crippen molar-refractivity contribution in [3.63, 3.8) is 0 Å². The van der Waals surface area contributed by atoms with Crippen molar-refractivity contribution in [2.45, 2.75) is 4.90 Å². The molecule has 15 heavy (non-hydrogen) atoms. The number of carbonyl (C=O) groups is 1. The molecule has 7 nitrogen and oxygen atoms in total. The Labute approximate surface area is 85.5 Å². The number of rotatable bonds is 2. The van der Waals surface area contributed by atoms with Crippen LogP contribution in [0.25, 0.3) is 0 Å². The smallest absolute Gasteiger partial charge is 0.295 e. The fourth-order valence-corrected chi connectivity index (χ4v) is 1.48. The predicted octanol–water partition coefficient (Wildman–Crippen LogP) is 0.861. The highest BCUT2D eigenvalue weighted by Crippen LogP contribution is 2.12. The predicted molar refractivity (Wildman–Crippen MR) is 49.2 cm³/mol. The molecular weight excluding hydrogens is 222 g/mol. The van der Waals surface area contributed by atoms with Crippen LogP contribution in [0.4, 0.5) is 0 Å². The summed E-state index contributed by atoms with van der Waals surface area (Å²) in [6.07, 6.45) is 0.378. The van der Waals surface area contributed by atoms with E-state index in [4.69, 9.17) is 15.6 Å². The summed E-state index contributed by atoms with van der Waals surface area (Å²) >= 11 is 0. The Morgan fingerprint density at radius 2 is 1.73 bits per heavy atom. The molecule has 3 N–H and O–H groups in total. The van der Waals surface area contributed by atoms with Crippen molar-refractivity contribution in [3.8, 4) is 0 Å². The van der Waals surface area contributed by atoms with Crippen LogP contribution in [-0.2, 0) is 10.1 Å². The van der Waals surface area contributed by atoms with E-state index in [2.05, 4.69) is 0 Å². The molecule has 0 heterocycles. The van der Waals surface area contributed by atoms with Gasteiger partial charge >= 0.3 is 0 Å². The van der Waals surface area contributed by atoms with E-state index in [1.165, 1.54) is 24.3 Å². The summed E-state index contributed by atoms with van der Waals surface area (Å²) in [6, 6.07) is 5.42. The zero-order chi connectivity index (χ0) is 11.9. The van der Waals surface area contributed by atoms with E-state index in [0.29, 0.717) is 6.29 Å². The van der Waals surface area contributed by atoms with Crippen LogP contribution in [0.3, 0.4) is 0 Å². The van der Waals surface area contributed by atoms with E-state index in [9.17, 15) is 13.2 Å². The number of benzene rings is 1. The van der Waals surface area contributed by atoms with Crippen LogP contribution in [-0.4, -0.2) is 19.3 Å². The standard InChI is InChI=1S/C7H6O4S.H2N3/c8-5-6-3-1-2-4-7(6)12(9,10)11;1-3-2/h1-5H,(H,9,10,11);1-2H/q;+1. The van der Waals surface area contributed by atoms with Crippen molar-refractivity contribution in [2.24, 2.45) is 0 Å². The van der Waals surface area contributed by atoms with Crippen LogP contribution in [0.2, 0.25) is 0 Å². The van der Waals surface area contributed by atoms with Gasteiger partial charge in [-0.25, -0.2) is 0 Å². The third-order valence-electron chi connectivity index (χ3n) is 1.32. The molecule has 0 aliphatic rings. The average molecular weight is 230 g/mol. The van der Waals surface area contributed by atoms with Crippen LogP contribution in [0.15, 0.2) is 29.2 Å². The lowest BCUT2D eigenvalue weighted by Gasteiger charge is -1.98. The Balaban J connectivity index is 0.000000583. The van der Waals surface area contributed by atoms with Crippen molar-refractivity contribution in [1.29, 1.82) is 11.1 Å². The van der Waals surface area contributed by atoms with Crippen LogP contribution in [0, 0.1) is 11.1 Å². The van der Waals surface area contributed by atoms with Crippen molar-refractivity contribution in [1.82, 2.24) is 4.91 Å². The number of hydrogen-bond donors (Lipinski definition) is 3. The van der Waals surface area contributed by atoms with Gasteiger partial charge in [0.15, 0.2) is 6.29 Å². The van der Waals surface area contributed by atoms with Gasteiger partial charge in [-0.3, -0.25) is 9.35 Å². The van der Waals surface area contributed by atoms with Crippen molar-refractivity contribution >= 4 is 16.4 Å². The zero-order valence-electron chi connectivity index (χ0n) is 7.41. The maximum Gasteiger partial charge on any atom is 0.295 e. The molecule has 1 aromatic rings. The molecule has 0 saturated carbocycles. The summed E-state index contributed by atoms with van der Waals surface area (Å²) < 4.78 is 29.8. The van der Waals surface area contributed by atoms with E-state index in [-0.39, 0.29) is 10.5 Å². The van der Waals surface area contributed by atoms with Gasteiger partial charge in [-0.2, -0.15) is 8.42 Å². The first-order valence-electron chi connectivity index (χ1n) is 3.52. The summed E-state index contributed by atoms with van der Waals surface area (Å²) in [6.45, 7) is 0. The molecule has 0 radical (unpaired) electrons. The number of nitrogens with one attached hydrogen (secondary N) is 2. The van der Waals surface area contributed by atoms with Gasteiger partial charge < -0.3 is 0 Å². The molecule has 0 atom stereocenters. The van der Waals surface area contributed by atoms with Gasteiger partial charge in [0.05, 0.1) is 0 Å². The first kappa shape index (κ1) is 13.1. The molecule has 0 fully saturated rings. The molecule has 0 spiro atoms. The molecule has 0 aliphatic carbocycles. The topological polar surface area (TPSA) is 133 Å². The minimum atomic E-state index is -4.28. The van der Waals surface area contributed by atoms with Crippen LogP contribution in [0.1, 0.15) is 10.4 Å². The Bertz CT molecular complexity index is 477. The molecule has 0 aliphatic heterocycles. The minimum Gasteiger partial charge on any atom is -0.298 e. The lowest BCUT2D eigenvalue weighted by atomic mass is 10.2. The summed E-state index contributed by atoms with van der Waals surface area (Å²) in [7, 11) is -4.28. The third-order valence-corrected chi connectivity index (χ3v) is 2.25. The molecule has 0 saturated heterocycles. The number of nitrogens with zero attached hydrogens (tertiary/aromatic N) is 1. The van der Waals surface area contributed by atoms with E-state index >= 15 is 0 Å². The summed E-state index contributed by atoms with van der Waals surface area (Å²) in [5, 5.41) is 0. The maximum absolute atomic E-state index is 10.6. The van der Waals surface area contributed by atoms with E-state index in [1.807, 2.05) is 4.91 Å². The summed E-state index contributed by atoms with van der Waals surface area (Å²) in [5.41, 5.74) is 11.0. The highest BCUT2D eigenvalue weighted by molar-refractivity contribution is 7.86. The molecule has 0 bridgehead atoms. The number of hydrogen-bond acceptors (Lipinski definition) is 5. The second-order valence-corrected chi connectivity index (χ2v) is 3.63. The average Bonchev–Trinajstić information content (AvgIpc) is 2.18. The fraction of sp³-hybridized carbons (Fsp3) is 0. The lowest BCUT2D eigenvalue weighted by molar-refractivity contribution is 0.112. The molecule has 1 rings (SSSR count). The van der Waals surface area contributed by atoms with E-state index in [0.717, 1.165) is 0 Å². The SMILES string of the molecule is N=[N+]=N.O=Cc1ccccc1S(=O)(=O)O. The Morgan fingerprint density at radius 1 is 1.27 bits per heavy atom. The fourth-order valence-electron chi connectivity index (χ4n) is 0.813. The molecule has 0 unspecified atom stereocenters. The zero-order valence-corrected chi connectivity index (χ0v) is 8.23. The monoisotopic (exact) mass is 230 g/mol. The molecule has 8 heteroatoms. The maximum atomic E-state index is 10.6. The van der Waals surface area contributed by atoms with Gasteiger partial charge in [-0.1, -0.05) is 18.2 Å². The summed E-state index contributed by atoms with van der Waals surface area (Å²) in [4.78, 5) is 11.9. The first-order chi connectivity index (χ1) is 6.97. The van der Waals surface area contributed by atoms with Crippen LogP contribution < -0.4 is 4.91 Å². The van der Waals surface area contributed by atoms with E-state index in [1.54, 1.807) is 0 Å². The second kappa shape index (κ2) is 5.76. The Morgan fingerprint density at radius 3 is 2.07 bits per heavy atom. The Hall–Kier alpha value is -1.89. The van der Waals surface area contributed by atoms with Crippen molar-refractivity contribution in [2.75, 3.05) is 0 Å². The largest absolute Gasteiger partial charge is 0.298 e. The first-order valence-corrected chi connectivity index (χ1v) is 4.96. The second-order valence-electron chi connectivity index (χ2n) is 2.24. The third kappa shape index (κ3) is 4.23. The number of carbonyl (C=O) groups excluding carboxylic acids is 1. The van der Waals surface area contributed by atoms with Gasteiger partial charge in [0.2, 0.25) is 4.91 Å². The lowest BCUT2D eigenvalue weighted by Crippen LogP contribution is -2.01. The molecular formula is C7H8N3O4S+. The molecule has 0 amide bonds. The van der Waals surface area contributed by atoms with Gasteiger partial charge in [-0.15, -0.1) is 0 Å². The van der Waals surface area contributed by atoms with Gasteiger partial charge in [0.25, 0.3) is 10.1 Å². The van der Waals surface area contributed by atoms with Gasteiger partial charge in [-0.05, 0) is 6.07 Å². The van der Waals surface area contributed by atoms with Crippen LogP contribution >= 0.6 is 0 Å². The normalized spacial score (nSPS) is 9.40. The highest BCUT2D eigenvalue weighted by atomic mass is 32.2. The summed E-state index contributed by atoms with van der Waals surface area (Å²) in [5.74, 6) is 0. The molecule has 0 aromatic heterocycles. The minimum absolute atomic E-state index is 0.0417.